The van der Waals surface area contributed by atoms with E-state index in [0.717, 1.165) is 0 Å². The lowest BCUT2D eigenvalue weighted by Crippen LogP contribution is -2.14. The minimum absolute atomic E-state index is 0.425. The van der Waals surface area contributed by atoms with E-state index in [1.54, 1.807) is 24.3 Å². The molecule has 0 saturated heterocycles. The second-order valence-electron chi connectivity index (χ2n) is 3.46. The van der Waals surface area contributed by atoms with Gasteiger partial charge in [-0.3, -0.25) is 4.79 Å². The van der Waals surface area contributed by atoms with Gasteiger partial charge < -0.3 is 21.5 Å². The van der Waals surface area contributed by atoms with Crippen LogP contribution >= 0.6 is 0 Å². The van der Waals surface area contributed by atoms with Gasteiger partial charge in [0.1, 0.15) is 0 Å². The number of primary amides is 1. The van der Waals surface area contributed by atoms with Crippen LogP contribution in [0.25, 0.3) is 0 Å². The van der Waals surface area contributed by atoms with Crippen molar-refractivity contribution >= 4 is 17.3 Å². The number of anilines is 2. The van der Waals surface area contributed by atoms with Crippen LogP contribution in [0.4, 0.5) is 11.4 Å². The fourth-order valence-corrected chi connectivity index (χ4v) is 1.29. The number of ether oxygens (including phenoxy) is 1. The highest BCUT2D eigenvalue weighted by Crippen LogP contribution is 2.19. The summed E-state index contributed by atoms with van der Waals surface area (Å²) in [5, 5.41) is 3.08. The third kappa shape index (κ3) is 4.16. The smallest absolute Gasteiger partial charge is 0.248 e. The molecule has 1 rings (SSSR count). The molecular weight excluding hydrogens is 218 g/mol. The van der Waals surface area contributed by atoms with E-state index in [1.807, 2.05) is 0 Å². The molecule has 0 heterocycles. The molecule has 5 nitrogen and oxygen atoms in total. The summed E-state index contributed by atoms with van der Waals surface area (Å²) in [5.74, 6) is -0.476. The predicted molar refractivity (Wildman–Crippen MR) is 68.9 cm³/mol. The zero-order chi connectivity index (χ0) is 12.7. The maximum absolute atomic E-state index is 11.0. The van der Waals surface area contributed by atoms with Gasteiger partial charge in [0, 0.05) is 12.1 Å². The number of nitrogens with one attached hydrogen (secondary N) is 1. The Bertz CT molecular complexity index is 405. The molecule has 0 saturated carbocycles. The molecule has 1 amide bonds. The maximum atomic E-state index is 11.0. The maximum Gasteiger partial charge on any atom is 0.248 e. The number of amides is 1. The van der Waals surface area contributed by atoms with Crippen LogP contribution in [0.1, 0.15) is 10.4 Å². The lowest BCUT2D eigenvalue weighted by molar-refractivity contribution is 0.100. The monoisotopic (exact) mass is 235 g/mol. The minimum Gasteiger partial charge on any atom is -0.397 e. The fourth-order valence-electron chi connectivity index (χ4n) is 1.29. The van der Waals surface area contributed by atoms with Crippen molar-refractivity contribution in [3.8, 4) is 0 Å². The lowest BCUT2D eigenvalue weighted by Gasteiger charge is -2.10. The van der Waals surface area contributed by atoms with E-state index in [9.17, 15) is 4.79 Å². The Labute approximate surface area is 100 Å². The fraction of sp³-hybridized carbons (Fsp3) is 0.250. The number of hydrogen-bond donors (Lipinski definition) is 3. The molecule has 92 valence electrons. The van der Waals surface area contributed by atoms with Gasteiger partial charge in [0.15, 0.2) is 0 Å². The van der Waals surface area contributed by atoms with E-state index < -0.39 is 5.91 Å². The Hall–Kier alpha value is -2.01. The van der Waals surface area contributed by atoms with Crippen LogP contribution in [0.5, 0.6) is 0 Å². The topological polar surface area (TPSA) is 90.4 Å². The van der Waals surface area contributed by atoms with Crippen LogP contribution in [0.2, 0.25) is 0 Å². The van der Waals surface area contributed by atoms with Gasteiger partial charge in [0.2, 0.25) is 5.91 Å². The summed E-state index contributed by atoms with van der Waals surface area (Å²) in [5.41, 5.74) is 12.6. The second-order valence-corrected chi connectivity index (χ2v) is 3.46. The molecule has 0 aliphatic heterocycles. The first-order valence-corrected chi connectivity index (χ1v) is 5.27. The predicted octanol–water partition coefficient (Wildman–Crippen LogP) is 0.982. The number of rotatable bonds is 7. The summed E-state index contributed by atoms with van der Waals surface area (Å²) in [7, 11) is 0. The van der Waals surface area contributed by atoms with Crippen molar-refractivity contribution in [2.75, 3.05) is 30.8 Å². The average molecular weight is 235 g/mol. The van der Waals surface area contributed by atoms with Crippen LogP contribution < -0.4 is 16.8 Å². The Kier molecular flexibility index (Phi) is 5.03. The molecule has 0 bridgehead atoms. The third-order valence-corrected chi connectivity index (χ3v) is 2.14. The Morgan fingerprint density at radius 3 is 2.94 bits per heavy atom. The van der Waals surface area contributed by atoms with Gasteiger partial charge in [-0.05, 0) is 18.2 Å². The number of benzene rings is 1. The molecule has 0 aliphatic carbocycles. The summed E-state index contributed by atoms with van der Waals surface area (Å²) in [6.45, 7) is 5.19. The summed E-state index contributed by atoms with van der Waals surface area (Å²) in [4.78, 5) is 11.0. The Morgan fingerprint density at radius 1 is 1.53 bits per heavy atom. The van der Waals surface area contributed by atoms with E-state index in [0.29, 0.717) is 36.7 Å². The van der Waals surface area contributed by atoms with Crippen LogP contribution in [0.15, 0.2) is 30.9 Å². The van der Waals surface area contributed by atoms with E-state index in [2.05, 4.69) is 11.9 Å². The van der Waals surface area contributed by atoms with E-state index >= 15 is 0 Å². The highest BCUT2D eigenvalue weighted by Gasteiger charge is 2.04. The molecule has 17 heavy (non-hydrogen) atoms. The third-order valence-electron chi connectivity index (χ3n) is 2.14. The van der Waals surface area contributed by atoms with Crippen molar-refractivity contribution in [3.63, 3.8) is 0 Å². The van der Waals surface area contributed by atoms with Crippen molar-refractivity contribution in [1.29, 1.82) is 0 Å². The van der Waals surface area contributed by atoms with Gasteiger partial charge in [-0.25, -0.2) is 0 Å². The SMILES string of the molecule is C=CCOCCNc1cc(C(N)=O)ccc1N. The molecule has 0 spiro atoms. The van der Waals surface area contributed by atoms with Crippen LogP contribution in [0.3, 0.4) is 0 Å². The highest BCUT2D eigenvalue weighted by molar-refractivity contribution is 5.94. The molecule has 0 atom stereocenters. The lowest BCUT2D eigenvalue weighted by atomic mass is 10.1. The zero-order valence-electron chi connectivity index (χ0n) is 9.61. The van der Waals surface area contributed by atoms with Gasteiger partial charge in [0.25, 0.3) is 0 Å². The van der Waals surface area contributed by atoms with Crippen LogP contribution in [-0.2, 0) is 4.74 Å². The summed E-state index contributed by atoms with van der Waals surface area (Å²) in [6, 6.07) is 4.87. The summed E-state index contributed by atoms with van der Waals surface area (Å²) in [6.07, 6.45) is 1.68. The number of nitrogen functional groups attached to an aromatic ring is 1. The van der Waals surface area contributed by atoms with Gasteiger partial charge in [-0.2, -0.15) is 0 Å². The molecule has 0 fully saturated rings. The van der Waals surface area contributed by atoms with Gasteiger partial charge in [-0.15, -0.1) is 6.58 Å². The van der Waals surface area contributed by atoms with E-state index in [4.69, 9.17) is 16.2 Å². The largest absolute Gasteiger partial charge is 0.397 e. The van der Waals surface area contributed by atoms with Crippen molar-refractivity contribution in [1.82, 2.24) is 0 Å². The molecule has 0 aliphatic rings. The Morgan fingerprint density at radius 2 is 2.29 bits per heavy atom. The normalized spacial score (nSPS) is 9.88. The molecule has 0 radical (unpaired) electrons. The molecule has 0 unspecified atom stereocenters. The highest BCUT2D eigenvalue weighted by atomic mass is 16.5. The quantitative estimate of drug-likeness (QED) is 0.373. The molecule has 1 aromatic rings. The van der Waals surface area contributed by atoms with Crippen molar-refractivity contribution in [2.45, 2.75) is 0 Å². The zero-order valence-corrected chi connectivity index (χ0v) is 9.61. The van der Waals surface area contributed by atoms with Crippen molar-refractivity contribution in [3.05, 3.63) is 36.4 Å². The van der Waals surface area contributed by atoms with E-state index in [1.165, 1.54) is 0 Å². The standard InChI is InChI=1S/C12H17N3O2/c1-2-6-17-7-5-15-11-8-9(12(14)16)3-4-10(11)13/h2-4,8,15H,1,5-7,13H2,(H2,14,16). The Balaban J connectivity index is 2.54. The minimum atomic E-state index is -0.476. The molecular formula is C12H17N3O2. The molecule has 5 N–H and O–H groups in total. The molecule has 5 heteroatoms. The number of nitrogens with two attached hydrogens (primary N) is 2. The second kappa shape index (κ2) is 6.55. The van der Waals surface area contributed by atoms with E-state index in [-0.39, 0.29) is 0 Å². The van der Waals surface area contributed by atoms with Crippen molar-refractivity contribution in [2.24, 2.45) is 5.73 Å². The van der Waals surface area contributed by atoms with Crippen LogP contribution in [-0.4, -0.2) is 25.7 Å². The summed E-state index contributed by atoms with van der Waals surface area (Å²) >= 11 is 0. The first kappa shape index (κ1) is 13.1. The summed E-state index contributed by atoms with van der Waals surface area (Å²) < 4.78 is 5.21. The number of carbonyl (C=O) groups excluding carboxylic acids is 1. The van der Waals surface area contributed by atoms with Crippen molar-refractivity contribution < 1.29 is 9.53 Å². The van der Waals surface area contributed by atoms with Gasteiger partial charge in [-0.1, -0.05) is 6.08 Å². The van der Waals surface area contributed by atoms with Gasteiger partial charge in [0.05, 0.1) is 24.6 Å². The number of carbonyl (C=O) groups is 1. The van der Waals surface area contributed by atoms with Crippen LogP contribution in [0, 0.1) is 0 Å². The molecule has 0 aromatic heterocycles. The first-order chi connectivity index (χ1) is 8.15. The van der Waals surface area contributed by atoms with Gasteiger partial charge >= 0.3 is 0 Å². The first-order valence-electron chi connectivity index (χ1n) is 5.27. The molecule has 1 aromatic carbocycles. The number of hydrogen-bond acceptors (Lipinski definition) is 4. The average Bonchev–Trinajstić information content (AvgIpc) is 2.30.